The summed E-state index contributed by atoms with van der Waals surface area (Å²) in [5.74, 6) is 0.317. The molecule has 0 radical (unpaired) electrons. The van der Waals surface area contributed by atoms with Crippen molar-refractivity contribution in [3.05, 3.63) is 24.3 Å². The predicted molar refractivity (Wildman–Crippen MR) is 104 cm³/mol. The molecule has 1 saturated carbocycles. The molecule has 2 N–H and O–H groups in total. The van der Waals surface area contributed by atoms with Crippen LogP contribution in [-0.2, 0) is 4.79 Å². The zero-order valence-electron chi connectivity index (χ0n) is 13.9. The quantitative estimate of drug-likeness (QED) is 0.723. The van der Waals surface area contributed by atoms with Crippen LogP contribution in [0.2, 0.25) is 0 Å². The van der Waals surface area contributed by atoms with Crippen LogP contribution in [0, 0.1) is 0 Å². The molecular formula is C17H21N5OS2. The average molecular weight is 376 g/mol. The van der Waals surface area contributed by atoms with E-state index in [0.717, 1.165) is 28.2 Å². The third-order valence-electron chi connectivity index (χ3n) is 4.26. The van der Waals surface area contributed by atoms with Crippen LogP contribution in [0.5, 0.6) is 0 Å². The van der Waals surface area contributed by atoms with Gasteiger partial charge in [0.25, 0.3) is 0 Å². The second kappa shape index (κ2) is 7.61. The highest BCUT2D eigenvalue weighted by atomic mass is 32.2. The molecule has 1 aromatic carbocycles. The van der Waals surface area contributed by atoms with E-state index >= 15 is 0 Å². The van der Waals surface area contributed by atoms with Crippen molar-refractivity contribution in [1.82, 2.24) is 10.2 Å². The van der Waals surface area contributed by atoms with Gasteiger partial charge < -0.3 is 15.5 Å². The van der Waals surface area contributed by atoms with E-state index in [-0.39, 0.29) is 5.91 Å². The van der Waals surface area contributed by atoms with Crippen molar-refractivity contribution in [2.45, 2.75) is 36.1 Å². The summed E-state index contributed by atoms with van der Waals surface area (Å²) < 4.78 is 0.822. The van der Waals surface area contributed by atoms with E-state index in [1.54, 1.807) is 0 Å². The lowest BCUT2D eigenvalue weighted by molar-refractivity contribution is -0.113. The first-order chi connectivity index (χ1) is 12.3. The summed E-state index contributed by atoms with van der Waals surface area (Å²) in [6.45, 7) is 2.25. The van der Waals surface area contributed by atoms with Crippen LogP contribution >= 0.6 is 23.1 Å². The van der Waals surface area contributed by atoms with E-state index in [2.05, 4.69) is 37.9 Å². The van der Waals surface area contributed by atoms with Gasteiger partial charge in [-0.2, -0.15) is 0 Å². The van der Waals surface area contributed by atoms with Gasteiger partial charge in [-0.1, -0.05) is 23.1 Å². The SMILES string of the molecule is O=C(CSc1nnc(NC2CC2)s1)Nc1ccc(N2CCCC2)cc1. The molecule has 4 rings (SSSR count). The Morgan fingerprint density at radius 2 is 1.96 bits per heavy atom. The molecule has 0 spiro atoms. The number of aromatic nitrogens is 2. The van der Waals surface area contributed by atoms with Crippen molar-refractivity contribution >= 4 is 45.5 Å². The van der Waals surface area contributed by atoms with Gasteiger partial charge in [0.05, 0.1) is 5.75 Å². The number of anilines is 3. The van der Waals surface area contributed by atoms with Crippen molar-refractivity contribution in [3.63, 3.8) is 0 Å². The predicted octanol–water partition coefficient (Wildman–Crippen LogP) is 3.44. The summed E-state index contributed by atoms with van der Waals surface area (Å²) in [5, 5.41) is 15.3. The van der Waals surface area contributed by atoms with Crippen molar-refractivity contribution in [1.29, 1.82) is 0 Å². The summed E-state index contributed by atoms with van der Waals surface area (Å²) in [4.78, 5) is 14.5. The summed E-state index contributed by atoms with van der Waals surface area (Å²) in [6, 6.07) is 8.67. The first-order valence-corrected chi connectivity index (χ1v) is 10.4. The molecule has 6 nitrogen and oxygen atoms in total. The molecule has 2 heterocycles. The van der Waals surface area contributed by atoms with Crippen LogP contribution in [0.4, 0.5) is 16.5 Å². The highest BCUT2D eigenvalue weighted by molar-refractivity contribution is 8.01. The smallest absolute Gasteiger partial charge is 0.234 e. The van der Waals surface area contributed by atoms with Crippen LogP contribution in [0.25, 0.3) is 0 Å². The first kappa shape index (κ1) is 16.7. The molecule has 0 bridgehead atoms. The monoisotopic (exact) mass is 375 g/mol. The molecule has 132 valence electrons. The molecule has 1 amide bonds. The lowest BCUT2D eigenvalue weighted by atomic mass is 10.2. The average Bonchev–Trinajstić information content (AvgIpc) is 3.10. The normalized spacial score (nSPS) is 16.9. The fourth-order valence-electron chi connectivity index (χ4n) is 2.78. The van der Waals surface area contributed by atoms with Gasteiger partial charge in [0.2, 0.25) is 11.0 Å². The third-order valence-corrected chi connectivity index (χ3v) is 6.25. The Morgan fingerprint density at radius 3 is 2.68 bits per heavy atom. The Morgan fingerprint density at radius 1 is 1.20 bits per heavy atom. The Hall–Kier alpha value is -1.80. The molecule has 2 aliphatic rings. The molecule has 1 aliphatic heterocycles. The Kier molecular flexibility index (Phi) is 5.07. The minimum atomic E-state index is -0.0224. The van der Waals surface area contributed by atoms with Gasteiger partial charge in [0.1, 0.15) is 0 Å². The van der Waals surface area contributed by atoms with E-state index in [9.17, 15) is 4.79 Å². The van der Waals surface area contributed by atoms with Crippen molar-refractivity contribution in [3.8, 4) is 0 Å². The standard InChI is InChI=1S/C17H21N5OS2/c23-15(11-24-17-21-20-16(25-17)19-13-3-4-13)18-12-5-7-14(8-6-12)22-9-1-2-10-22/h5-8,13H,1-4,9-11H2,(H,18,23)(H,19,20). The second-order valence-corrected chi connectivity index (χ2v) is 8.57. The second-order valence-electron chi connectivity index (χ2n) is 6.37. The molecule has 0 unspecified atom stereocenters. The number of hydrogen-bond acceptors (Lipinski definition) is 7. The molecule has 2 aromatic rings. The molecular weight excluding hydrogens is 354 g/mol. The fraction of sp³-hybridized carbons (Fsp3) is 0.471. The van der Waals surface area contributed by atoms with Crippen molar-refractivity contribution in [2.75, 3.05) is 34.4 Å². The van der Waals surface area contributed by atoms with E-state index < -0.39 is 0 Å². The number of benzene rings is 1. The summed E-state index contributed by atoms with van der Waals surface area (Å²) in [7, 11) is 0. The van der Waals surface area contributed by atoms with E-state index in [4.69, 9.17) is 0 Å². The van der Waals surface area contributed by atoms with Crippen molar-refractivity contribution < 1.29 is 4.79 Å². The minimum Gasteiger partial charge on any atom is -0.372 e. The Labute approximate surface area is 155 Å². The highest BCUT2D eigenvalue weighted by Gasteiger charge is 2.22. The number of nitrogens with zero attached hydrogens (tertiary/aromatic N) is 3. The summed E-state index contributed by atoms with van der Waals surface area (Å²) in [6.07, 6.45) is 4.94. The van der Waals surface area contributed by atoms with Crippen LogP contribution < -0.4 is 15.5 Å². The minimum absolute atomic E-state index is 0.0224. The lowest BCUT2D eigenvalue weighted by Crippen LogP contribution is -2.18. The number of hydrogen-bond donors (Lipinski definition) is 2. The number of thioether (sulfide) groups is 1. The zero-order chi connectivity index (χ0) is 17.1. The van der Waals surface area contributed by atoms with Gasteiger partial charge in [-0.05, 0) is 49.9 Å². The van der Waals surface area contributed by atoms with Crippen LogP contribution in [0.3, 0.4) is 0 Å². The van der Waals surface area contributed by atoms with Crippen LogP contribution in [0.1, 0.15) is 25.7 Å². The fourth-order valence-corrected chi connectivity index (χ4v) is 4.41. The van der Waals surface area contributed by atoms with E-state index in [1.165, 1.54) is 54.5 Å². The van der Waals surface area contributed by atoms with Gasteiger partial charge in [0, 0.05) is 30.5 Å². The third kappa shape index (κ3) is 4.64. The highest BCUT2D eigenvalue weighted by Crippen LogP contribution is 2.30. The Balaban J connectivity index is 1.24. The zero-order valence-corrected chi connectivity index (χ0v) is 15.5. The molecule has 0 atom stereocenters. The van der Waals surface area contributed by atoms with Gasteiger partial charge in [0.15, 0.2) is 4.34 Å². The van der Waals surface area contributed by atoms with E-state index in [0.29, 0.717) is 11.8 Å². The summed E-state index contributed by atoms with van der Waals surface area (Å²) >= 11 is 2.93. The number of carbonyl (C=O) groups is 1. The Bertz CT molecular complexity index is 723. The molecule has 25 heavy (non-hydrogen) atoms. The van der Waals surface area contributed by atoms with E-state index in [1.807, 2.05) is 12.1 Å². The van der Waals surface area contributed by atoms with Gasteiger partial charge in [-0.15, -0.1) is 10.2 Å². The number of nitrogens with one attached hydrogen (secondary N) is 2. The maximum Gasteiger partial charge on any atom is 0.234 e. The molecule has 1 aromatic heterocycles. The van der Waals surface area contributed by atoms with Crippen LogP contribution in [-0.4, -0.2) is 41.0 Å². The van der Waals surface area contributed by atoms with Gasteiger partial charge >= 0.3 is 0 Å². The van der Waals surface area contributed by atoms with Crippen molar-refractivity contribution in [2.24, 2.45) is 0 Å². The van der Waals surface area contributed by atoms with Gasteiger partial charge in [-0.3, -0.25) is 4.79 Å². The first-order valence-electron chi connectivity index (χ1n) is 8.64. The van der Waals surface area contributed by atoms with Gasteiger partial charge in [-0.25, -0.2) is 0 Å². The number of carbonyl (C=O) groups excluding carboxylic acids is 1. The number of amides is 1. The maximum absolute atomic E-state index is 12.1. The molecule has 1 saturated heterocycles. The molecule has 8 heteroatoms. The maximum atomic E-state index is 12.1. The topological polar surface area (TPSA) is 70.1 Å². The van der Waals surface area contributed by atoms with Crippen LogP contribution in [0.15, 0.2) is 28.6 Å². The molecule has 1 aliphatic carbocycles. The number of rotatable bonds is 7. The molecule has 2 fully saturated rings. The largest absolute Gasteiger partial charge is 0.372 e. The summed E-state index contributed by atoms with van der Waals surface area (Å²) in [5.41, 5.74) is 2.07. The lowest BCUT2D eigenvalue weighted by Gasteiger charge is -2.17.